The fourth-order valence-electron chi connectivity index (χ4n) is 4.69. The van der Waals surface area contributed by atoms with E-state index in [1.165, 1.54) is 11.1 Å². The Bertz CT molecular complexity index is 635. The van der Waals surface area contributed by atoms with Crippen LogP contribution in [0.15, 0.2) is 54.1 Å². The number of rotatable bonds is 2. The number of carbonyl (C=O) groups excluding carboxylic acids is 1. The summed E-state index contributed by atoms with van der Waals surface area (Å²) in [5.41, 5.74) is 3.12. The maximum Gasteiger partial charge on any atom is 0.147 e. The van der Waals surface area contributed by atoms with Crippen molar-refractivity contribution in [3.63, 3.8) is 0 Å². The molecule has 0 radical (unpaired) electrons. The van der Waals surface area contributed by atoms with Crippen molar-refractivity contribution in [2.75, 3.05) is 0 Å². The first kappa shape index (κ1) is 14.3. The van der Waals surface area contributed by atoms with Gasteiger partial charge in [0.15, 0.2) is 0 Å². The molecule has 0 N–H and O–H groups in total. The van der Waals surface area contributed by atoms with Crippen LogP contribution in [-0.4, -0.2) is 5.78 Å². The smallest absolute Gasteiger partial charge is 0.147 e. The van der Waals surface area contributed by atoms with Gasteiger partial charge in [0, 0.05) is 17.3 Å². The molecule has 1 aromatic carbocycles. The molecule has 4 atom stereocenters. The fourth-order valence-corrected chi connectivity index (χ4v) is 4.69. The van der Waals surface area contributed by atoms with Crippen molar-refractivity contribution in [2.24, 2.45) is 16.7 Å². The van der Waals surface area contributed by atoms with E-state index in [1.54, 1.807) is 0 Å². The highest BCUT2D eigenvalue weighted by atomic mass is 16.1. The zero-order valence-corrected chi connectivity index (χ0v) is 13.4. The molecule has 2 bridgehead atoms. The highest BCUT2D eigenvalue weighted by Gasteiger charge is 2.67. The van der Waals surface area contributed by atoms with Crippen LogP contribution in [-0.2, 0) is 4.79 Å². The number of allylic oxidation sites excluding steroid dienone is 3. The summed E-state index contributed by atoms with van der Waals surface area (Å²) in [6.07, 6.45) is 3.23. The van der Waals surface area contributed by atoms with Crippen LogP contribution in [0.2, 0.25) is 0 Å². The molecule has 0 aliphatic heterocycles. The third-order valence-corrected chi connectivity index (χ3v) is 5.80. The zero-order chi connectivity index (χ0) is 15.4. The van der Waals surface area contributed by atoms with E-state index in [0.717, 1.165) is 12.0 Å². The number of hydrogen-bond acceptors (Lipinski definition) is 1. The molecule has 0 amide bonds. The monoisotopic (exact) mass is 280 g/mol. The van der Waals surface area contributed by atoms with Gasteiger partial charge >= 0.3 is 0 Å². The Morgan fingerprint density at radius 1 is 1.24 bits per heavy atom. The number of carbonyl (C=O) groups is 1. The molecule has 1 heteroatoms. The Hall–Kier alpha value is -1.63. The molecule has 0 spiro atoms. The molecule has 2 fully saturated rings. The van der Waals surface area contributed by atoms with Crippen LogP contribution in [0.1, 0.15) is 45.6 Å². The minimum Gasteiger partial charge on any atom is -0.298 e. The molecule has 1 aromatic rings. The van der Waals surface area contributed by atoms with Gasteiger partial charge in [-0.25, -0.2) is 0 Å². The average molecular weight is 280 g/mol. The van der Waals surface area contributed by atoms with E-state index >= 15 is 0 Å². The highest BCUT2D eigenvalue weighted by Crippen LogP contribution is 2.69. The van der Waals surface area contributed by atoms with Crippen LogP contribution < -0.4 is 0 Å². The molecule has 0 heterocycles. The lowest BCUT2D eigenvalue weighted by molar-refractivity contribution is -0.125. The number of benzene rings is 1. The molecule has 110 valence electrons. The van der Waals surface area contributed by atoms with Crippen LogP contribution in [0.25, 0.3) is 0 Å². The summed E-state index contributed by atoms with van der Waals surface area (Å²) in [7, 11) is 0. The number of ketones is 1. The SMILES string of the molecule is C=C1[C@@H](c2ccccc2)C2C[C@@](C)(C=C(C)C)C1(C)C2=O. The number of Topliss-reactive ketones (excluding diaryl/α,β-unsaturated/α-hetero) is 1. The molecule has 2 saturated carbocycles. The predicted molar refractivity (Wildman–Crippen MR) is 87.1 cm³/mol. The lowest BCUT2D eigenvalue weighted by Gasteiger charge is -2.43. The lowest BCUT2D eigenvalue weighted by atomic mass is 9.59. The van der Waals surface area contributed by atoms with Crippen molar-refractivity contribution in [1.82, 2.24) is 0 Å². The van der Waals surface area contributed by atoms with Gasteiger partial charge in [-0.2, -0.15) is 0 Å². The van der Waals surface area contributed by atoms with Crippen molar-refractivity contribution in [3.05, 3.63) is 59.7 Å². The molecule has 2 unspecified atom stereocenters. The molecular weight excluding hydrogens is 256 g/mol. The van der Waals surface area contributed by atoms with E-state index < -0.39 is 5.41 Å². The van der Waals surface area contributed by atoms with Gasteiger partial charge in [-0.3, -0.25) is 4.79 Å². The van der Waals surface area contributed by atoms with E-state index in [1.807, 2.05) is 6.07 Å². The van der Waals surface area contributed by atoms with E-state index in [9.17, 15) is 4.79 Å². The summed E-state index contributed by atoms with van der Waals surface area (Å²) in [6.45, 7) is 12.9. The van der Waals surface area contributed by atoms with Crippen LogP contribution in [0.3, 0.4) is 0 Å². The van der Waals surface area contributed by atoms with Gasteiger partial charge in [-0.1, -0.05) is 61.1 Å². The minimum atomic E-state index is -0.421. The summed E-state index contributed by atoms with van der Waals surface area (Å²) in [4.78, 5) is 13.0. The van der Waals surface area contributed by atoms with Crippen LogP contribution >= 0.6 is 0 Å². The fraction of sp³-hybridized carbons (Fsp3) is 0.450. The maximum atomic E-state index is 13.0. The van der Waals surface area contributed by atoms with Crippen molar-refractivity contribution in [1.29, 1.82) is 0 Å². The van der Waals surface area contributed by atoms with Gasteiger partial charge in [0.05, 0.1) is 5.41 Å². The second-order valence-corrected chi connectivity index (χ2v) is 7.35. The second-order valence-electron chi connectivity index (χ2n) is 7.35. The molecule has 2 aliphatic carbocycles. The average Bonchev–Trinajstić information content (AvgIpc) is 2.72. The summed E-state index contributed by atoms with van der Waals surface area (Å²) in [5, 5.41) is 0. The molecule has 3 rings (SSSR count). The minimum absolute atomic E-state index is 0.0874. The maximum absolute atomic E-state index is 13.0. The Balaban J connectivity index is 2.09. The predicted octanol–water partition coefficient (Wildman–Crippen LogP) is 4.91. The van der Waals surface area contributed by atoms with Gasteiger partial charge in [0.1, 0.15) is 5.78 Å². The topological polar surface area (TPSA) is 17.1 Å². The van der Waals surface area contributed by atoms with Crippen molar-refractivity contribution in [3.8, 4) is 0 Å². The van der Waals surface area contributed by atoms with Gasteiger partial charge < -0.3 is 0 Å². The first-order valence-electron chi connectivity index (χ1n) is 7.76. The van der Waals surface area contributed by atoms with E-state index in [4.69, 9.17) is 0 Å². The highest BCUT2D eigenvalue weighted by molar-refractivity contribution is 5.98. The van der Waals surface area contributed by atoms with Gasteiger partial charge in [0.25, 0.3) is 0 Å². The normalized spacial score (nSPS) is 37.9. The summed E-state index contributed by atoms with van der Waals surface area (Å²) in [5.74, 6) is 0.675. The van der Waals surface area contributed by atoms with Crippen molar-refractivity contribution >= 4 is 5.78 Å². The third kappa shape index (κ3) is 1.73. The number of fused-ring (bicyclic) bond motifs is 2. The van der Waals surface area contributed by atoms with E-state index in [0.29, 0.717) is 5.78 Å². The molecule has 2 aliphatic rings. The lowest BCUT2D eigenvalue weighted by Crippen LogP contribution is -2.37. The second kappa shape index (κ2) is 4.43. The quantitative estimate of drug-likeness (QED) is 0.704. The Morgan fingerprint density at radius 2 is 1.86 bits per heavy atom. The summed E-state index contributed by atoms with van der Waals surface area (Å²) >= 11 is 0. The van der Waals surface area contributed by atoms with Crippen LogP contribution in [0.4, 0.5) is 0 Å². The van der Waals surface area contributed by atoms with E-state index in [-0.39, 0.29) is 17.3 Å². The zero-order valence-electron chi connectivity index (χ0n) is 13.4. The summed E-state index contributed by atoms with van der Waals surface area (Å²) in [6, 6.07) is 10.4. The van der Waals surface area contributed by atoms with Crippen LogP contribution in [0.5, 0.6) is 0 Å². The third-order valence-electron chi connectivity index (χ3n) is 5.80. The standard InChI is InChI=1S/C20H24O/c1-13(2)11-19(4)12-16-17(15-9-7-6-8-10-15)14(3)20(19,5)18(16)21/h6-11,16-17H,3,12H2,1-2,4-5H3/t16?,17-,19+,20?/m0/s1. The number of hydrogen-bond donors (Lipinski definition) is 0. The van der Waals surface area contributed by atoms with Crippen molar-refractivity contribution < 1.29 is 4.79 Å². The largest absolute Gasteiger partial charge is 0.298 e. The van der Waals surface area contributed by atoms with Gasteiger partial charge in [0.2, 0.25) is 0 Å². The first-order valence-corrected chi connectivity index (χ1v) is 7.76. The Morgan fingerprint density at radius 3 is 2.38 bits per heavy atom. The van der Waals surface area contributed by atoms with Gasteiger partial charge in [-0.05, 0) is 32.8 Å². The Kier molecular flexibility index (Phi) is 3.02. The molecular formula is C20H24O. The summed E-state index contributed by atoms with van der Waals surface area (Å²) < 4.78 is 0. The van der Waals surface area contributed by atoms with E-state index in [2.05, 4.69) is 64.6 Å². The molecule has 1 nitrogen and oxygen atoms in total. The molecule has 21 heavy (non-hydrogen) atoms. The first-order chi connectivity index (χ1) is 9.81. The van der Waals surface area contributed by atoms with Crippen molar-refractivity contribution in [2.45, 2.75) is 40.0 Å². The van der Waals surface area contributed by atoms with Gasteiger partial charge in [-0.15, -0.1) is 0 Å². The Labute approximate surface area is 127 Å². The molecule has 0 aromatic heterocycles. The molecule has 0 saturated heterocycles. The van der Waals surface area contributed by atoms with Crippen LogP contribution in [0, 0.1) is 16.7 Å².